The predicted octanol–water partition coefficient (Wildman–Crippen LogP) is 1.11. The van der Waals surface area contributed by atoms with Gasteiger partial charge in [-0.15, -0.1) is 10.2 Å². The first-order chi connectivity index (χ1) is 11.0. The lowest BCUT2D eigenvalue weighted by atomic mass is 10.3. The highest BCUT2D eigenvalue weighted by Gasteiger charge is 2.10. The summed E-state index contributed by atoms with van der Waals surface area (Å²) in [7, 11) is 1.81. The molecular formula is C14H16FN5O2S. The summed E-state index contributed by atoms with van der Waals surface area (Å²) in [5, 5.41) is 13.5. The molecule has 0 aliphatic heterocycles. The highest BCUT2D eigenvalue weighted by atomic mass is 32.2. The van der Waals surface area contributed by atoms with Crippen molar-refractivity contribution in [2.45, 2.75) is 12.1 Å². The molecule has 2 N–H and O–H groups in total. The number of aromatic nitrogens is 3. The van der Waals surface area contributed by atoms with Gasteiger partial charge in [0.25, 0.3) is 0 Å². The van der Waals surface area contributed by atoms with Gasteiger partial charge in [0, 0.05) is 12.7 Å². The molecular weight excluding hydrogens is 321 g/mol. The Morgan fingerprint density at radius 3 is 2.52 bits per heavy atom. The van der Waals surface area contributed by atoms with Gasteiger partial charge >= 0.3 is 0 Å². The molecule has 9 heteroatoms. The van der Waals surface area contributed by atoms with Crippen LogP contribution in [0.15, 0.2) is 29.4 Å². The Hall–Kier alpha value is -2.42. The van der Waals surface area contributed by atoms with Crippen LogP contribution in [0, 0.1) is 12.7 Å². The number of nitrogens with zero attached hydrogens (tertiary/aromatic N) is 3. The Morgan fingerprint density at radius 2 is 1.91 bits per heavy atom. The van der Waals surface area contributed by atoms with E-state index in [1.807, 2.05) is 14.0 Å². The zero-order valence-electron chi connectivity index (χ0n) is 12.7. The first-order valence-electron chi connectivity index (χ1n) is 6.76. The number of carbonyl (C=O) groups is 2. The summed E-state index contributed by atoms with van der Waals surface area (Å²) < 4.78 is 14.5. The number of aryl methyl sites for hydroxylation is 1. The third-order valence-electron chi connectivity index (χ3n) is 2.96. The number of hydrogen-bond acceptors (Lipinski definition) is 5. The largest absolute Gasteiger partial charge is 0.346 e. The molecule has 1 aromatic heterocycles. The molecule has 0 saturated heterocycles. The molecule has 1 aromatic carbocycles. The minimum absolute atomic E-state index is 0.135. The van der Waals surface area contributed by atoms with E-state index in [1.165, 1.54) is 36.0 Å². The zero-order chi connectivity index (χ0) is 16.8. The van der Waals surface area contributed by atoms with Gasteiger partial charge < -0.3 is 15.2 Å². The van der Waals surface area contributed by atoms with Crippen LogP contribution in [0.5, 0.6) is 0 Å². The molecule has 0 aliphatic carbocycles. The number of amides is 2. The summed E-state index contributed by atoms with van der Waals surface area (Å²) in [6.45, 7) is 1.66. The van der Waals surface area contributed by atoms with Gasteiger partial charge in [0.2, 0.25) is 11.8 Å². The molecule has 2 aromatic rings. The van der Waals surface area contributed by atoms with Crippen molar-refractivity contribution in [1.82, 2.24) is 20.1 Å². The Kier molecular flexibility index (Phi) is 5.69. The molecule has 122 valence electrons. The Balaban J connectivity index is 1.72. The number of hydrogen-bond donors (Lipinski definition) is 2. The number of anilines is 1. The highest BCUT2D eigenvalue weighted by Crippen LogP contribution is 2.14. The smallest absolute Gasteiger partial charge is 0.243 e. The standard InChI is InChI=1S/C14H16FN5O2S/c1-9-18-19-14(20(9)2)23-8-13(22)16-7-12(21)17-11-5-3-10(15)4-6-11/h3-6H,7-8H2,1-2H3,(H,16,22)(H,17,21). The third-order valence-corrected chi connectivity index (χ3v) is 3.98. The van der Waals surface area contributed by atoms with Crippen LogP contribution in [0.4, 0.5) is 10.1 Å². The topological polar surface area (TPSA) is 88.9 Å². The van der Waals surface area contributed by atoms with E-state index in [0.717, 1.165) is 5.82 Å². The van der Waals surface area contributed by atoms with Crippen LogP contribution in [0.25, 0.3) is 0 Å². The monoisotopic (exact) mass is 337 g/mol. The van der Waals surface area contributed by atoms with Gasteiger partial charge in [0.05, 0.1) is 12.3 Å². The molecule has 0 saturated carbocycles. The van der Waals surface area contributed by atoms with Crippen LogP contribution in [-0.2, 0) is 16.6 Å². The van der Waals surface area contributed by atoms with E-state index >= 15 is 0 Å². The average molecular weight is 337 g/mol. The zero-order valence-corrected chi connectivity index (χ0v) is 13.5. The lowest BCUT2D eigenvalue weighted by Gasteiger charge is -2.07. The third kappa shape index (κ3) is 5.06. The number of thioether (sulfide) groups is 1. The van der Waals surface area contributed by atoms with Crippen molar-refractivity contribution >= 4 is 29.3 Å². The fraction of sp³-hybridized carbons (Fsp3) is 0.286. The normalized spacial score (nSPS) is 10.4. The molecule has 0 aliphatic rings. The lowest BCUT2D eigenvalue weighted by molar-refractivity contribution is -0.122. The van der Waals surface area contributed by atoms with Gasteiger partial charge in [-0.1, -0.05) is 11.8 Å². The summed E-state index contributed by atoms with van der Waals surface area (Å²) in [5.74, 6) is -0.163. The van der Waals surface area contributed by atoms with E-state index in [-0.39, 0.29) is 29.9 Å². The number of nitrogens with one attached hydrogen (secondary N) is 2. The van der Waals surface area contributed by atoms with Crippen LogP contribution in [0.1, 0.15) is 5.82 Å². The number of halogens is 1. The van der Waals surface area contributed by atoms with Crippen molar-refractivity contribution in [3.63, 3.8) is 0 Å². The van der Waals surface area contributed by atoms with Gasteiger partial charge in [-0.3, -0.25) is 9.59 Å². The first-order valence-corrected chi connectivity index (χ1v) is 7.75. The summed E-state index contributed by atoms with van der Waals surface area (Å²) >= 11 is 1.24. The second-order valence-electron chi connectivity index (χ2n) is 4.71. The predicted molar refractivity (Wildman–Crippen MR) is 84.5 cm³/mol. The minimum Gasteiger partial charge on any atom is -0.346 e. The van der Waals surface area contributed by atoms with E-state index in [4.69, 9.17) is 0 Å². The van der Waals surface area contributed by atoms with Crippen molar-refractivity contribution in [3.8, 4) is 0 Å². The molecule has 0 radical (unpaired) electrons. The SMILES string of the molecule is Cc1nnc(SCC(=O)NCC(=O)Nc2ccc(F)cc2)n1C. The van der Waals surface area contributed by atoms with Crippen molar-refractivity contribution in [2.24, 2.45) is 7.05 Å². The average Bonchev–Trinajstić information content (AvgIpc) is 2.85. The molecule has 2 rings (SSSR count). The van der Waals surface area contributed by atoms with Gasteiger partial charge in [-0.05, 0) is 31.2 Å². The highest BCUT2D eigenvalue weighted by molar-refractivity contribution is 7.99. The molecule has 2 amide bonds. The lowest BCUT2D eigenvalue weighted by Crippen LogP contribution is -2.33. The second-order valence-corrected chi connectivity index (χ2v) is 5.65. The van der Waals surface area contributed by atoms with Crippen molar-refractivity contribution < 1.29 is 14.0 Å². The Morgan fingerprint density at radius 1 is 1.22 bits per heavy atom. The maximum atomic E-state index is 12.7. The van der Waals surface area contributed by atoms with Gasteiger partial charge in [0.1, 0.15) is 11.6 Å². The van der Waals surface area contributed by atoms with E-state index < -0.39 is 0 Å². The fourth-order valence-corrected chi connectivity index (χ4v) is 2.40. The molecule has 7 nitrogen and oxygen atoms in total. The summed E-state index contributed by atoms with van der Waals surface area (Å²) in [4.78, 5) is 23.4. The summed E-state index contributed by atoms with van der Waals surface area (Å²) in [6.07, 6.45) is 0. The van der Waals surface area contributed by atoms with Crippen LogP contribution in [0.3, 0.4) is 0 Å². The Bertz CT molecular complexity index is 702. The number of carbonyl (C=O) groups excluding carboxylic acids is 2. The van der Waals surface area contributed by atoms with E-state index in [2.05, 4.69) is 20.8 Å². The minimum atomic E-state index is -0.385. The molecule has 23 heavy (non-hydrogen) atoms. The summed E-state index contributed by atoms with van der Waals surface area (Å²) in [5.41, 5.74) is 0.467. The number of rotatable bonds is 6. The molecule has 1 heterocycles. The molecule has 0 unspecified atom stereocenters. The fourth-order valence-electron chi connectivity index (χ4n) is 1.61. The molecule has 0 atom stereocenters. The van der Waals surface area contributed by atoms with Crippen LogP contribution in [0.2, 0.25) is 0 Å². The van der Waals surface area contributed by atoms with E-state index in [1.54, 1.807) is 4.57 Å². The molecule has 0 spiro atoms. The van der Waals surface area contributed by atoms with Crippen molar-refractivity contribution in [1.29, 1.82) is 0 Å². The first kappa shape index (κ1) is 16.9. The Labute approximate surface area is 136 Å². The van der Waals surface area contributed by atoms with Crippen molar-refractivity contribution in [2.75, 3.05) is 17.6 Å². The molecule has 0 bridgehead atoms. The van der Waals surface area contributed by atoms with Gasteiger partial charge in [0.15, 0.2) is 5.16 Å². The number of benzene rings is 1. The van der Waals surface area contributed by atoms with Gasteiger partial charge in [-0.25, -0.2) is 4.39 Å². The quantitative estimate of drug-likeness (QED) is 0.771. The van der Waals surface area contributed by atoms with Gasteiger partial charge in [-0.2, -0.15) is 0 Å². The maximum absolute atomic E-state index is 12.7. The van der Waals surface area contributed by atoms with Crippen LogP contribution >= 0.6 is 11.8 Å². The van der Waals surface area contributed by atoms with Crippen LogP contribution < -0.4 is 10.6 Å². The summed E-state index contributed by atoms with van der Waals surface area (Å²) in [6, 6.07) is 5.38. The van der Waals surface area contributed by atoms with Crippen LogP contribution in [-0.4, -0.2) is 38.9 Å². The maximum Gasteiger partial charge on any atom is 0.243 e. The molecule has 0 fully saturated rings. The van der Waals surface area contributed by atoms with Crippen molar-refractivity contribution in [3.05, 3.63) is 35.9 Å². The van der Waals surface area contributed by atoms with E-state index in [9.17, 15) is 14.0 Å². The van der Waals surface area contributed by atoms with E-state index in [0.29, 0.717) is 10.8 Å². The second kappa shape index (κ2) is 7.73.